The van der Waals surface area contributed by atoms with Crippen LogP contribution in [0.3, 0.4) is 0 Å². The second-order valence-corrected chi connectivity index (χ2v) is 22.6. The maximum absolute atomic E-state index is 5.70. The summed E-state index contributed by atoms with van der Waals surface area (Å²) in [5.41, 5.74) is 8.58. The number of rotatable bonds is 6. The molecule has 0 N–H and O–H groups in total. The number of aromatic nitrogens is 6. The monoisotopic (exact) mass is 782 g/mol. The minimum absolute atomic E-state index is 0.00694. The third-order valence-corrected chi connectivity index (χ3v) is 17.0. The third-order valence-electron chi connectivity index (χ3n) is 17.0. The van der Waals surface area contributed by atoms with E-state index in [-0.39, 0.29) is 29.4 Å². The van der Waals surface area contributed by atoms with Crippen molar-refractivity contribution in [3.05, 3.63) is 58.7 Å². The zero-order valence-electron chi connectivity index (χ0n) is 31.5. The van der Waals surface area contributed by atoms with Crippen LogP contribution in [-0.2, 0) is 29.4 Å². The predicted molar refractivity (Wildman–Crippen MR) is 202 cm³/mol. The second kappa shape index (κ2) is 12.1. The van der Waals surface area contributed by atoms with Crippen molar-refractivity contribution in [2.45, 2.75) is 153 Å². The van der Waals surface area contributed by atoms with E-state index < -0.39 is 0 Å². The van der Waals surface area contributed by atoms with Crippen LogP contribution < -0.4 is 0 Å². The summed E-state index contributed by atoms with van der Waals surface area (Å²) in [6.45, 7) is 6.90. The normalized spacial score (nSPS) is 43.0. The van der Waals surface area contributed by atoms with Gasteiger partial charge in [-0.05, 0) is 186 Å². The van der Waals surface area contributed by atoms with Gasteiger partial charge in [0.05, 0.1) is 17.1 Å². The summed E-state index contributed by atoms with van der Waals surface area (Å²) < 4.78 is 6.88. The minimum atomic E-state index is 0.00694. The van der Waals surface area contributed by atoms with E-state index in [1.807, 2.05) is 0 Å². The van der Waals surface area contributed by atoms with Crippen molar-refractivity contribution in [3.63, 3.8) is 0 Å². The Balaban J connectivity index is 0.00000104. The molecule has 3 aromatic heterocycles. The molecule has 12 aliphatic carbocycles. The fourth-order valence-corrected chi connectivity index (χ4v) is 16.4. The Bertz CT molecular complexity index is 1550. The first-order valence-corrected chi connectivity index (χ1v) is 24.3. The van der Waals surface area contributed by atoms with E-state index in [4.69, 9.17) is 35.5 Å². The van der Waals surface area contributed by atoms with E-state index in [0.29, 0.717) is 0 Å². The van der Waals surface area contributed by atoms with E-state index in [1.54, 1.807) is 0 Å². The van der Waals surface area contributed by atoms with Gasteiger partial charge in [0, 0.05) is 16.2 Å². The Morgan fingerprint density at radius 2 is 0.654 bits per heavy atom. The molecule has 0 spiro atoms. The van der Waals surface area contributed by atoms with Gasteiger partial charge in [0.2, 0.25) is 0 Å². The van der Waals surface area contributed by atoms with Crippen LogP contribution in [0, 0.1) is 80.3 Å². The van der Waals surface area contributed by atoms with Gasteiger partial charge in [-0.1, -0.05) is 39.0 Å². The molecule has 3 aromatic rings. The summed E-state index contributed by atoms with van der Waals surface area (Å²) in [6.07, 6.45) is 26.3. The van der Waals surface area contributed by atoms with Gasteiger partial charge < -0.3 is 0 Å². The van der Waals surface area contributed by atoms with Crippen molar-refractivity contribution in [1.29, 1.82) is 0 Å². The molecule has 0 radical (unpaired) electrons. The number of hydrogen-bond acceptors (Lipinski definition) is 3. The summed E-state index contributed by atoms with van der Waals surface area (Å²) in [6, 6.07) is 7.43. The van der Waals surface area contributed by atoms with Crippen LogP contribution in [0.25, 0.3) is 0 Å². The van der Waals surface area contributed by atoms with Crippen LogP contribution in [0.1, 0.15) is 150 Å². The zero-order valence-corrected chi connectivity index (χ0v) is 34.2. The molecule has 0 saturated heterocycles. The molecule has 12 fully saturated rings. The molecule has 0 aromatic carbocycles. The van der Waals surface area contributed by atoms with Crippen LogP contribution in [0.5, 0.6) is 0 Å². The van der Waals surface area contributed by atoms with E-state index in [9.17, 15) is 0 Å². The fraction of sp³-hybridized carbons (Fsp3) is 0.767. The molecule has 52 heavy (non-hydrogen) atoms. The van der Waals surface area contributed by atoms with Crippen molar-refractivity contribution in [2.75, 3.05) is 0 Å². The number of halogens is 2. The van der Waals surface area contributed by atoms with Crippen molar-refractivity contribution >= 4 is 20.2 Å². The predicted octanol–water partition coefficient (Wildman–Crippen LogP) is 10.4. The van der Waals surface area contributed by atoms with Crippen LogP contribution in [0.4, 0.5) is 0 Å². The van der Waals surface area contributed by atoms with E-state index in [1.165, 1.54) is 150 Å². The summed E-state index contributed by atoms with van der Waals surface area (Å²) in [7, 11) is 9.59. The fourth-order valence-electron chi connectivity index (χ4n) is 16.4. The average molecular weight is 784 g/mol. The van der Waals surface area contributed by atoms with Gasteiger partial charge in [-0.3, -0.25) is 14.0 Å². The van der Waals surface area contributed by atoms with Crippen LogP contribution in [0.15, 0.2) is 18.2 Å². The summed E-state index contributed by atoms with van der Waals surface area (Å²) >= 11 is 0.00694. The summed E-state index contributed by atoms with van der Waals surface area (Å²) in [5.74, 6) is 8.19. The number of nitrogens with zero attached hydrogens (tertiary/aromatic N) is 6. The van der Waals surface area contributed by atoms with Crippen molar-refractivity contribution in [1.82, 2.24) is 29.3 Å². The third kappa shape index (κ3) is 5.19. The van der Waals surface area contributed by atoms with Gasteiger partial charge >= 0.3 is 33.3 Å². The molecular formula is C43H57Cl2MnN6-. The van der Waals surface area contributed by atoms with Crippen molar-refractivity contribution in [3.8, 4) is 0 Å². The van der Waals surface area contributed by atoms with Gasteiger partial charge in [0.15, 0.2) is 6.29 Å². The molecular weight excluding hydrogens is 726 g/mol. The van der Waals surface area contributed by atoms with Gasteiger partial charge in [-0.15, -0.1) is 0 Å². The molecule has 0 atom stereocenters. The molecule has 0 aliphatic heterocycles. The van der Waals surface area contributed by atoms with Gasteiger partial charge in [0.1, 0.15) is 0 Å². The number of aryl methyl sites for hydroxylation is 3. The van der Waals surface area contributed by atoms with Gasteiger partial charge in [0.25, 0.3) is 0 Å². The summed E-state index contributed by atoms with van der Waals surface area (Å²) in [5, 5.41) is 17.1. The first kappa shape index (κ1) is 33.9. The van der Waals surface area contributed by atoms with E-state index >= 15 is 0 Å². The second-order valence-electron chi connectivity index (χ2n) is 20.7. The van der Waals surface area contributed by atoms with E-state index in [0.717, 1.165) is 59.6 Å². The Labute approximate surface area is 325 Å². The topological polar surface area (TPSA) is 53.5 Å². The first-order valence-electron chi connectivity index (χ1n) is 21.1. The van der Waals surface area contributed by atoms with Gasteiger partial charge in [-0.2, -0.15) is 15.3 Å². The average Bonchev–Trinajstić information content (AvgIpc) is 3.78. The molecule has 12 aliphatic rings. The molecule has 3 heterocycles. The van der Waals surface area contributed by atoms with E-state index in [2.05, 4.69) is 53.0 Å². The Hall–Kier alpha value is -1.40. The molecule has 15 rings (SSSR count). The molecule has 0 amide bonds. The Kier molecular flexibility index (Phi) is 7.86. The van der Waals surface area contributed by atoms with Crippen LogP contribution in [-0.4, -0.2) is 29.3 Å². The number of hydrogen-bond donors (Lipinski definition) is 0. The Morgan fingerprint density at radius 3 is 0.846 bits per heavy atom. The molecule has 281 valence electrons. The first-order chi connectivity index (χ1) is 25.1. The molecule has 6 nitrogen and oxygen atoms in total. The molecule has 0 unspecified atom stereocenters. The van der Waals surface area contributed by atoms with Gasteiger partial charge in [-0.25, -0.2) is 0 Å². The van der Waals surface area contributed by atoms with Crippen LogP contribution in [0.2, 0.25) is 0 Å². The maximum atomic E-state index is 5.70. The Morgan fingerprint density at radius 1 is 0.462 bits per heavy atom. The molecule has 9 heteroatoms. The standard InChI is InChI=1S/C43H57N6.2ClH.Mn/c1-25-4-37(41-16-28-7-29(17-41)9-30(8-28)18-41)44-47(25)40(48-26(2)5-38(45-48)42-19-31-10-32(20-42)12-33(11-31)21-42)49-27(3)6-39(46-49)43-22-34-13-35(23-43)15-36(14-34)24-43;;;/h4-6,28-36H,7-24H2,1-3H3;2*1H;/q-1;;;+2/p-2. The molecule has 12 bridgehead atoms. The summed E-state index contributed by atoms with van der Waals surface area (Å²) in [4.78, 5) is 0. The quantitative estimate of drug-likeness (QED) is 0.185. The van der Waals surface area contributed by atoms with Crippen molar-refractivity contribution in [2.24, 2.45) is 53.3 Å². The zero-order chi connectivity index (χ0) is 35.1. The SMILES string of the molecule is Cc1cc(C23CC4CC(CC(C4)C2)C3)nn1[C-](n1nc(C23CC4CC(CC(C4)C2)C3)cc1C)n1nc(C23CC4CC(CC(C4)C2)C3)cc1C.[Cl][Mn][Cl]. The van der Waals surface area contributed by atoms with Crippen LogP contribution >= 0.6 is 20.2 Å². The molecule has 12 saturated carbocycles. The van der Waals surface area contributed by atoms with Crippen molar-refractivity contribution < 1.29 is 13.1 Å².